The van der Waals surface area contributed by atoms with Crippen molar-refractivity contribution in [1.29, 1.82) is 0 Å². The van der Waals surface area contributed by atoms with E-state index >= 15 is 0 Å². The molecular weight excluding hydrogens is 386 g/mol. The molecule has 0 amide bonds. The zero-order chi connectivity index (χ0) is 16.5. The first-order chi connectivity index (χ1) is 11.7. The Balaban J connectivity index is 1.77. The van der Waals surface area contributed by atoms with Crippen LogP contribution in [0.1, 0.15) is 11.3 Å². The number of imidazole rings is 1. The quantitative estimate of drug-likeness (QED) is 0.514. The molecule has 2 N–H and O–H groups in total. The summed E-state index contributed by atoms with van der Waals surface area (Å²) in [7, 11) is 0. The molecule has 2 aromatic carbocycles. The second-order valence-corrected chi connectivity index (χ2v) is 6.91. The van der Waals surface area contributed by atoms with Gasteiger partial charge in [-0.15, -0.1) is 0 Å². The van der Waals surface area contributed by atoms with Gasteiger partial charge < -0.3 is 0 Å². The Morgan fingerprint density at radius 2 is 1.83 bits per heavy atom. The fraction of sp³-hybridized carbons (Fsp3) is 0.0526. The fourth-order valence-corrected chi connectivity index (χ4v) is 3.26. The lowest BCUT2D eigenvalue weighted by atomic mass is 10.1. The van der Waals surface area contributed by atoms with Crippen LogP contribution in [0.15, 0.2) is 65.3 Å². The maximum Gasteiger partial charge on any atom is 0.286 e. The summed E-state index contributed by atoms with van der Waals surface area (Å²) < 4.78 is 1.08. The summed E-state index contributed by atoms with van der Waals surface area (Å²) in [4.78, 5) is 11.4. The monoisotopic (exact) mass is 398 g/mol. The highest BCUT2D eigenvalue weighted by Crippen LogP contribution is 2.25. The first-order valence-corrected chi connectivity index (χ1v) is 8.76. The van der Waals surface area contributed by atoms with E-state index in [1.807, 2.05) is 48.7 Å². The Hall–Kier alpha value is -2.17. The summed E-state index contributed by atoms with van der Waals surface area (Å²) in [6.45, 7) is 0. The van der Waals surface area contributed by atoms with E-state index in [0.717, 1.165) is 39.0 Å². The molecule has 0 saturated heterocycles. The number of H-pyrrole nitrogens is 2. The lowest BCUT2D eigenvalue weighted by molar-refractivity contribution is -0.331. The van der Waals surface area contributed by atoms with Crippen molar-refractivity contribution in [3.05, 3.63) is 81.5 Å². The molecule has 4 rings (SSSR count). The van der Waals surface area contributed by atoms with Gasteiger partial charge in [-0.25, -0.2) is 9.97 Å². The third-order valence-electron chi connectivity index (χ3n) is 3.97. The maximum absolute atomic E-state index is 6.31. The molecule has 0 saturated carbocycles. The molecule has 118 valence electrons. The van der Waals surface area contributed by atoms with Crippen LogP contribution < -0.4 is 4.98 Å². The summed E-state index contributed by atoms with van der Waals surface area (Å²) in [5, 5.41) is 0.711. The van der Waals surface area contributed by atoms with E-state index in [-0.39, 0.29) is 0 Å². The van der Waals surface area contributed by atoms with Crippen LogP contribution in [-0.4, -0.2) is 9.97 Å². The van der Waals surface area contributed by atoms with Crippen molar-refractivity contribution in [2.45, 2.75) is 6.42 Å². The fourth-order valence-electron chi connectivity index (χ4n) is 2.77. The van der Waals surface area contributed by atoms with E-state index in [4.69, 9.17) is 11.6 Å². The number of benzene rings is 2. The van der Waals surface area contributed by atoms with Crippen molar-refractivity contribution in [2.75, 3.05) is 0 Å². The summed E-state index contributed by atoms with van der Waals surface area (Å²) in [5.41, 5.74) is 5.20. The summed E-state index contributed by atoms with van der Waals surface area (Å²) in [6.07, 6.45) is 2.60. The molecule has 0 radical (unpaired) electrons. The van der Waals surface area contributed by atoms with Crippen LogP contribution in [0.2, 0.25) is 5.02 Å². The van der Waals surface area contributed by atoms with Gasteiger partial charge in [0.05, 0.1) is 16.3 Å². The van der Waals surface area contributed by atoms with E-state index in [0.29, 0.717) is 5.02 Å². The second-order valence-electron chi connectivity index (χ2n) is 5.59. The first kappa shape index (κ1) is 15.4. The van der Waals surface area contributed by atoms with Crippen molar-refractivity contribution in [3.63, 3.8) is 0 Å². The highest BCUT2D eigenvalue weighted by atomic mass is 79.9. The normalized spacial score (nSPS) is 11.1. The molecule has 0 unspecified atom stereocenters. The Labute approximate surface area is 152 Å². The van der Waals surface area contributed by atoms with E-state index in [9.17, 15) is 0 Å². The number of nitrogens with zero attached hydrogens (tertiary/aromatic N) is 1. The second kappa shape index (κ2) is 6.38. The number of aromatic amines is 2. The molecule has 0 bridgehead atoms. The predicted molar refractivity (Wildman–Crippen MR) is 100 cm³/mol. The molecular formula is C19H14BrClN3+. The van der Waals surface area contributed by atoms with E-state index < -0.39 is 0 Å². The molecule has 0 aliphatic heterocycles. The first-order valence-electron chi connectivity index (χ1n) is 7.59. The number of nitrogens with one attached hydrogen (secondary N) is 2. The molecule has 2 aromatic heterocycles. The molecule has 2 heterocycles. The summed E-state index contributed by atoms with van der Waals surface area (Å²) in [5.74, 6) is 0.889. The largest absolute Gasteiger partial charge is 0.286 e. The van der Waals surface area contributed by atoms with Gasteiger partial charge in [0.15, 0.2) is 11.0 Å². The Morgan fingerprint density at radius 3 is 2.62 bits per heavy atom. The van der Waals surface area contributed by atoms with Gasteiger partial charge in [0.2, 0.25) is 0 Å². The Kier molecular flexibility index (Phi) is 4.08. The highest BCUT2D eigenvalue weighted by molar-refractivity contribution is 9.10. The van der Waals surface area contributed by atoms with Gasteiger partial charge in [0, 0.05) is 23.2 Å². The van der Waals surface area contributed by atoms with Crippen LogP contribution >= 0.6 is 27.5 Å². The number of hydrogen-bond donors (Lipinski definition) is 1. The van der Waals surface area contributed by atoms with Crippen molar-refractivity contribution in [3.8, 4) is 11.4 Å². The molecule has 4 aromatic rings. The Morgan fingerprint density at radius 1 is 1.04 bits per heavy atom. The van der Waals surface area contributed by atoms with Crippen molar-refractivity contribution < 1.29 is 4.98 Å². The zero-order valence-corrected chi connectivity index (χ0v) is 15.0. The minimum absolute atomic E-state index is 0.711. The van der Waals surface area contributed by atoms with Gasteiger partial charge in [-0.2, -0.15) is 0 Å². The molecule has 3 nitrogen and oxygen atoms in total. The average Bonchev–Trinajstić information content (AvgIpc) is 3.02. The predicted octanol–water partition coefficient (Wildman–Crippen LogP) is 5.05. The SMILES string of the molecule is Clc1ccccc1-c1[nH]c2ccnc(Cc3ccc(Br)cc3)c2[nH+]1. The minimum Gasteiger partial charge on any atom is -0.256 e. The number of halogens is 2. The molecule has 0 spiro atoms. The van der Waals surface area contributed by atoms with Gasteiger partial charge in [0.25, 0.3) is 5.82 Å². The number of fused-ring (bicyclic) bond motifs is 1. The lowest BCUT2D eigenvalue weighted by Crippen LogP contribution is -2.06. The van der Waals surface area contributed by atoms with Crippen LogP contribution in [0.4, 0.5) is 0 Å². The number of hydrogen-bond acceptors (Lipinski definition) is 1. The molecule has 0 atom stereocenters. The lowest BCUT2D eigenvalue weighted by Gasteiger charge is -2.00. The summed E-state index contributed by atoms with van der Waals surface area (Å²) >= 11 is 9.78. The van der Waals surface area contributed by atoms with Gasteiger partial charge in [-0.3, -0.25) is 4.98 Å². The molecule has 5 heteroatoms. The third kappa shape index (κ3) is 2.95. The van der Waals surface area contributed by atoms with Crippen LogP contribution in [0, 0.1) is 0 Å². The highest BCUT2D eigenvalue weighted by Gasteiger charge is 2.18. The Bertz CT molecular complexity index is 1010. The number of pyridine rings is 1. The molecule has 0 aliphatic rings. The van der Waals surface area contributed by atoms with Gasteiger partial charge in [-0.1, -0.05) is 51.8 Å². The minimum atomic E-state index is 0.711. The molecule has 0 aliphatic carbocycles. The van der Waals surface area contributed by atoms with E-state index in [1.54, 1.807) is 0 Å². The van der Waals surface area contributed by atoms with Gasteiger partial charge >= 0.3 is 0 Å². The van der Waals surface area contributed by atoms with Crippen molar-refractivity contribution in [1.82, 2.24) is 9.97 Å². The van der Waals surface area contributed by atoms with E-state index in [1.165, 1.54) is 5.56 Å². The average molecular weight is 400 g/mol. The topological polar surface area (TPSA) is 42.8 Å². The van der Waals surface area contributed by atoms with Gasteiger partial charge in [-0.05, 0) is 29.8 Å². The van der Waals surface area contributed by atoms with Crippen molar-refractivity contribution in [2.24, 2.45) is 0 Å². The van der Waals surface area contributed by atoms with Crippen LogP contribution in [0.3, 0.4) is 0 Å². The maximum atomic E-state index is 6.31. The zero-order valence-electron chi connectivity index (χ0n) is 12.7. The molecule has 24 heavy (non-hydrogen) atoms. The van der Waals surface area contributed by atoms with Gasteiger partial charge in [0.1, 0.15) is 0 Å². The van der Waals surface area contributed by atoms with Crippen LogP contribution in [0.5, 0.6) is 0 Å². The van der Waals surface area contributed by atoms with Crippen LogP contribution in [0.25, 0.3) is 22.4 Å². The molecule has 0 fully saturated rings. The van der Waals surface area contributed by atoms with E-state index in [2.05, 4.69) is 43.0 Å². The summed E-state index contributed by atoms with van der Waals surface area (Å²) in [6, 6.07) is 18.0. The van der Waals surface area contributed by atoms with Crippen molar-refractivity contribution >= 4 is 38.6 Å². The number of rotatable bonds is 3. The third-order valence-corrected chi connectivity index (χ3v) is 4.83. The smallest absolute Gasteiger partial charge is 0.256 e. The standard InChI is InChI=1S/C19H13BrClN3/c20-13-7-5-12(6-8-13)11-17-18-16(9-10-22-17)23-19(24-18)14-3-1-2-4-15(14)21/h1-10H,11H2,(H,23,24)/p+1. The van der Waals surface area contributed by atoms with Crippen LogP contribution in [-0.2, 0) is 6.42 Å². The number of aromatic nitrogens is 3.